The SMILES string of the molecule is O=C(NCc1ccccc1)Nc1ccc(NC2=NC=NC3C=C(OCCCN4CCN(CCO)CC4)C=CC23)cc1. The van der Waals surface area contributed by atoms with E-state index in [0.29, 0.717) is 18.8 Å². The number of β-amino-alcohol motifs (C(OH)–C–C–N with tert-alkyl or cyclic N) is 1. The molecule has 41 heavy (non-hydrogen) atoms. The molecule has 2 unspecified atom stereocenters. The molecular formula is C31H39N7O3. The largest absolute Gasteiger partial charge is 0.494 e. The number of piperazine rings is 1. The van der Waals surface area contributed by atoms with Gasteiger partial charge in [-0.1, -0.05) is 36.4 Å². The van der Waals surface area contributed by atoms with Crippen LogP contribution in [0.1, 0.15) is 12.0 Å². The molecule has 2 aliphatic heterocycles. The van der Waals surface area contributed by atoms with E-state index < -0.39 is 0 Å². The number of carbonyl (C=O) groups is 1. The van der Waals surface area contributed by atoms with E-state index in [2.05, 4.69) is 47.9 Å². The van der Waals surface area contributed by atoms with Crippen molar-refractivity contribution in [3.8, 4) is 0 Å². The monoisotopic (exact) mass is 557 g/mol. The minimum absolute atomic E-state index is 0.00383. The van der Waals surface area contributed by atoms with Gasteiger partial charge >= 0.3 is 6.03 Å². The maximum Gasteiger partial charge on any atom is 0.319 e. The molecule has 0 saturated carbocycles. The number of rotatable bonds is 11. The number of benzene rings is 2. The number of hydrogen-bond donors (Lipinski definition) is 4. The summed E-state index contributed by atoms with van der Waals surface area (Å²) >= 11 is 0. The van der Waals surface area contributed by atoms with Gasteiger partial charge in [-0.2, -0.15) is 0 Å². The average Bonchev–Trinajstić information content (AvgIpc) is 3.01. The van der Waals surface area contributed by atoms with Gasteiger partial charge in [0.05, 0.1) is 25.2 Å². The number of aliphatic imine (C=N–C) groups is 2. The highest BCUT2D eigenvalue weighted by molar-refractivity contribution is 6.04. The van der Waals surface area contributed by atoms with Crippen LogP contribution in [0.25, 0.3) is 0 Å². The second kappa shape index (κ2) is 14.6. The molecule has 2 heterocycles. The van der Waals surface area contributed by atoms with Crippen molar-refractivity contribution in [2.75, 3.05) is 63.1 Å². The highest BCUT2D eigenvalue weighted by Gasteiger charge is 2.28. The Morgan fingerprint density at radius 1 is 0.976 bits per heavy atom. The Labute approximate surface area is 241 Å². The standard InChI is InChI=1S/C31H39N7O3/c39-19-18-38-16-14-37(15-17-38)13-4-20-41-27-11-12-28-29(21-27)33-23-34-30(28)35-25-7-9-26(10-8-25)36-31(40)32-22-24-5-2-1-3-6-24/h1-3,5-12,21,23,28-29,39H,4,13-20,22H2,(H2,32,36,40)(H,33,34,35). The summed E-state index contributed by atoms with van der Waals surface area (Å²) < 4.78 is 6.05. The molecule has 4 N–H and O–H groups in total. The van der Waals surface area contributed by atoms with Gasteiger partial charge in [-0.15, -0.1) is 0 Å². The van der Waals surface area contributed by atoms with E-state index in [9.17, 15) is 4.79 Å². The second-order valence-corrected chi connectivity index (χ2v) is 10.3. The molecule has 1 saturated heterocycles. The molecule has 2 aromatic rings. The number of aliphatic hydroxyl groups excluding tert-OH is 1. The first-order chi connectivity index (χ1) is 20.2. The summed E-state index contributed by atoms with van der Waals surface area (Å²) in [6.07, 6.45) is 8.73. The molecule has 2 aromatic carbocycles. The molecule has 3 aliphatic rings. The highest BCUT2D eigenvalue weighted by Crippen LogP contribution is 2.25. The van der Waals surface area contributed by atoms with Gasteiger partial charge in [0, 0.05) is 57.2 Å². The fourth-order valence-electron chi connectivity index (χ4n) is 5.09. The summed E-state index contributed by atoms with van der Waals surface area (Å²) in [5.41, 5.74) is 2.63. The van der Waals surface area contributed by atoms with Crippen molar-refractivity contribution in [2.24, 2.45) is 15.9 Å². The molecular weight excluding hydrogens is 518 g/mol. The van der Waals surface area contributed by atoms with Gasteiger partial charge in [-0.05, 0) is 48.4 Å². The molecule has 0 spiro atoms. The van der Waals surface area contributed by atoms with Gasteiger partial charge in [0.25, 0.3) is 0 Å². The molecule has 1 aliphatic carbocycles. The number of aliphatic hydroxyl groups is 1. The molecule has 0 bridgehead atoms. The first-order valence-electron chi connectivity index (χ1n) is 14.3. The third-order valence-corrected chi connectivity index (χ3v) is 7.40. The van der Waals surface area contributed by atoms with Crippen LogP contribution in [0.5, 0.6) is 0 Å². The lowest BCUT2D eigenvalue weighted by Gasteiger charge is -2.34. The summed E-state index contributed by atoms with van der Waals surface area (Å²) in [6.45, 7) is 7.26. The van der Waals surface area contributed by atoms with E-state index in [-0.39, 0.29) is 24.6 Å². The van der Waals surface area contributed by atoms with Crippen molar-refractivity contribution in [1.29, 1.82) is 0 Å². The second-order valence-electron chi connectivity index (χ2n) is 10.3. The minimum Gasteiger partial charge on any atom is -0.494 e. The summed E-state index contributed by atoms with van der Waals surface area (Å²) in [5, 5.41) is 18.2. The number of carbonyl (C=O) groups excluding carboxylic acids is 1. The van der Waals surface area contributed by atoms with Crippen LogP contribution in [0.15, 0.2) is 88.6 Å². The molecule has 10 nitrogen and oxygen atoms in total. The number of urea groups is 1. The van der Waals surface area contributed by atoms with Crippen LogP contribution in [-0.2, 0) is 11.3 Å². The third kappa shape index (κ3) is 8.50. The van der Waals surface area contributed by atoms with Crippen LogP contribution in [-0.4, -0.2) is 91.6 Å². The van der Waals surface area contributed by atoms with E-state index >= 15 is 0 Å². The van der Waals surface area contributed by atoms with Gasteiger partial charge in [-0.3, -0.25) is 9.89 Å². The predicted octanol–water partition coefficient (Wildman–Crippen LogP) is 3.32. The van der Waals surface area contributed by atoms with Crippen LogP contribution in [0, 0.1) is 5.92 Å². The number of anilines is 2. The molecule has 1 fully saturated rings. The Bertz CT molecular complexity index is 1250. The summed E-state index contributed by atoms with van der Waals surface area (Å²) in [5.74, 6) is 1.67. The quantitative estimate of drug-likeness (QED) is 0.315. The number of amidine groups is 1. The van der Waals surface area contributed by atoms with Crippen molar-refractivity contribution in [2.45, 2.75) is 19.0 Å². The van der Waals surface area contributed by atoms with E-state index in [1.54, 1.807) is 6.34 Å². The smallest absolute Gasteiger partial charge is 0.319 e. The van der Waals surface area contributed by atoms with Gasteiger partial charge in [0.2, 0.25) is 0 Å². The summed E-state index contributed by atoms with van der Waals surface area (Å²) in [6, 6.07) is 17.0. The van der Waals surface area contributed by atoms with Gasteiger partial charge in [0.1, 0.15) is 17.9 Å². The van der Waals surface area contributed by atoms with Crippen molar-refractivity contribution in [3.05, 3.63) is 84.1 Å². The topological polar surface area (TPSA) is 114 Å². The van der Waals surface area contributed by atoms with E-state index in [1.807, 2.05) is 60.7 Å². The maximum absolute atomic E-state index is 12.3. The number of fused-ring (bicyclic) bond motifs is 1. The van der Waals surface area contributed by atoms with E-state index in [4.69, 9.17) is 9.84 Å². The van der Waals surface area contributed by atoms with Gasteiger partial charge in [-0.25, -0.2) is 9.79 Å². The van der Waals surface area contributed by atoms with Crippen LogP contribution in [0.2, 0.25) is 0 Å². The zero-order valence-corrected chi connectivity index (χ0v) is 23.3. The first kappa shape index (κ1) is 28.5. The summed E-state index contributed by atoms with van der Waals surface area (Å²) in [7, 11) is 0. The highest BCUT2D eigenvalue weighted by atomic mass is 16.5. The van der Waals surface area contributed by atoms with Crippen molar-refractivity contribution >= 4 is 29.6 Å². The minimum atomic E-state index is -0.250. The average molecular weight is 558 g/mol. The zero-order chi connectivity index (χ0) is 28.3. The van der Waals surface area contributed by atoms with E-state index in [1.165, 1.54) is 0 Å². The Hall–Kier alpha value is -3.99. The maximum atomic E-state index is 12.3. The number of nitrogens with one attached hydrogen (secondary N) is 3. The Morgan fingerprint density at radius 3 is 2.46 bits per heavy atom. The lowest BCUT2D eigenvalue weighted by Crippen LogP contribution is -2.47. The molecule has 216 valence electrons. The van der Waals surface area contributed by atoms with Crippen molar-refractivity contribution in [3.63, 3.8) is 0 Å². The Morgan fingerprint density at radius 2 is 1.71 bits per heavy atom. The third-order valence-electron chi connectivity index (χ3n) is 7.40. The number of ether oxygens (including phenoxy) is 1. The lowest BCUT2D eigenvalue weighted by atomic mass is 9.92. The van der Waals surface area contributed by atoms with Crippen LogP contribution >= 0.6 is 0 Å². The van der Waals surface area contributed by atoms with Crippen molar-refractivity contribution in [1.82, 2.24) is 15.1 Å². The van der Waals surface area contributed by atoms with Crippen LogP contribution in [0.3, 0.4) is 0 Å². The van der Waals surface area contributed by atoms with Gasteiger partial charge in [0.15, 0.2) is 0 Å². The van der Waals surface area contributed by atoms with Crippen LogP contribution < -0.4 is 16.0 Å². The molecule has 5 rings (SSSR count). The number of allylic oxidation sites excluding steroid dienone is 1. The number of hydrogen-bond acceptors (Lipinski definition) is 8. The van der Waals surface area contributed by atoms with Crippen molar-refractivity contribution < 1.29 is 14.6 Å². The predicted molar refractivity (Wildman–Crippen MR) is 163 cm³/mol. The Balaban J connectivity index is 1.03. The molecule has 0 radical (unpaired) electrons. The normalized spacial score (nSPS) is 20.5. The molecule has 10 heteroatoms. The fourth-order valence-corrected chi connectivity index (χ4v) is 5.09. The lowest BCUT2D eigenvalue weighted by molar-refractivity contribution is 0.105. The number of nitrogens with zero attached hydrogens (tertiary/aromatic N) is 4. The molecule has 2 amide bonds. The zero-order valence-electron chi connectivity index (χ0n) is 23.3. The van der Waals surface area contributed by atoms with E-state index in [0.717, 1.165) is 68.5 Å². The fraction of sp³-hybridized carbons (Fsp3) is 0.387. The number of amides is 2. The first-order valence-corrected chi connectivity index (χ1v) is 14.3. The van der Waals surface area contributed by atoms with Gasteiger partial charge < -0.3 is 30.7 Å². The molecule has 2 atom stereocenters. The van der Waals surface area contributed by atoms with Crippen LogP contribution in [0.4, 0.5) is 16.2 Å². The Kier molecular flexibility index (Phi) is 10.2. The molecule has 0 aromatic heterocycles. The summed E-state index contributed by atoms with van der Waals surface area (Å²) in [4.78, 5) is 26.1.